The Morgan fingerprint density at radius 2 is 1.80 bits per heavy atom. The van der Waals surface area contributed by atoms with Crippen molar-refractivity contribution in [3.8, 4) is 0 Å². The van der Waals surface area contributed by atoms with Gasteiger partial charge in [0.2, 0.25) is 5.95 Å². The van der Waals surface area contributed by atoms with E-state index in [1.807, 2.05) is 0 Å². The first-order valence-electron chi connectivity index (χ1n) is 8.01. The van der Waals surface area contributed by atoms with Gasteiger partial charge in [0.25, 0.3) is 5.91 Å². The van der Waals surface area contributed by atoms with Crippen LogP contribution < -0.4 is 10.8 Å². The number of nitrogens with zero attached hydrogens (tertiary/aromatic N) is 2. The summed E-state index contributed by atoms with van der Waals surface area (Å²) in [5.74, 6) is -0.464. The molecule has 0 unspecified atom stereocenters. The minimum atomic E-state index is -0.652. The molecule has 1 heterocycles. The van der Waals surface area contributed by atoms with E-state index in [0.717, 1.165) is 24.8 Å². The topological polar surface area (TPSA) is 96.4 Å². The highest BCUT2D eigenvalue weighted by molar-refractivity contribution is 5.92. The molecule has 3 N–H and O–H groups in total. The smallest absolute Gasteiger partial charge is 0.277 e. The van der Waals surface area contributed by atoms with Crippen molar-refractivity contribution in [2.45, 2.75) is 19.3 Å². The molecule has 0 saturated heterocycles. The Bertz CT molecular complexity index is 650. The fourth-order valence-corrected chi connectivity index (χ4v) is 2.11. The average Bonchev–Trinajstić information content (AvgIpc) is 2.65. The molecule has 8 heteroatoms. The minimum Gasteiger partial charge on any atom is -0.381 e. The monoisotopic (exact) mass is 348 g/mol. The number of rotatable bonds is 10. The first-order valence-corrected chi connectivity index (χ1v) is 8.01. The van der Waals surface area contributed by atoms with Gasteiger partial charge in [-0.05, 0) is 37.0 Å². The van der Waals surface area contributed by atoms with Crippen molar-refractivity contribution in [2.24, 2.45) is 0 Å². The highest BCUT2D eigenvalue weighted by atomic mass is 19.1. The van der Waals surface area contributed by atoms with E-state index in [4.69, 9.17) is 9.94 Å². The van der Waals surface area contributed by atoms with E-state index in [2.05, 4.69) is 15.3 Å². The second-order valence-corrected chi connectivity index (χ2v) is 5.36. The van der Waals surface area contributed by atoms with Gasteiger partial charge in [0.1, 0.15) is 5.82 Å². The van der Waals surface area contributed by atoms with Gasteiger partial charge < -0.3 is 10.1 Å². The molecule has 0 spiro atoms. The number of amides is 1. The zero-order chi connectivity index (χ0) is 17.9. The van der Waals surface area contributed by atoms with Gasteiger partial charge in [-0.2, -0.15) is 0 Å². The number of hydroxylamine groups is 1. The van der Waals surface area contributed by atoms with Crippen molar-refractivity contribution < 1.29 is 19.1 Å². The van der Waals surface area contributed by atoms with Gasteiger partial charge in [-0.3, -0.25) is 10.0 Å². The maximum Gasteiger partial charge on any atom is 0.277 e. The molecule has 0 bridgehead atoms. The van der Waals surface area contributed by atoms with Crippen LogP contribution in [0, 0.1) is 5.82 Å². The molecule has 1 aromatic heterocycles. The molecule has 0 aliphatic heterocycles. The summed E-state index contributed by atoms with van der Waals surface area (Å²) < 4.78 is 18.3. The molecular weight excluding hydrogens is 327 g/mol. The molecule has 25 heavy (non-hydrogen) atoms. The van der Waals surface area contributed by atoms with Crippen LogP contribution in [0.5, 0.6) is 0 Å². The Labute approximate surface area is 145 Å². The number of carbonyl (C=O) groups is 1. The lowest BCUT2D eigenvalue weighted by Crippen LogP contribution is -2.19. The molecule has 2 rings (SSSR count). The molecule has 1 amide bonds. The Kier molecular flexibility index (Phi) is 7.74. The molecular formula is C17H21FN4O3. The van der Waals surface area contributed by atoms with Crippen molar-refractivity contribution in [1.82, 2.24) is 15.4 Å². The van der Waals surface area contributed by atoms with Crippen LogP contribution in [-0.2, 0) is 11.2 Å². The third kappa shape index (κ3) is 6.82. The standard InChI is InChI=1S/C17H21FN4O3/c18-15-6-4-13(5-7-15)3-1-9-25-10-2-8-19-17-20-11-14(12-21-17)16(23)22-24/h4-7,11-12,24H,1-3,8-10H2,(H,22,23)(H,19,20,21). The summed E-state index contributed by atoms with van der Waals surface area (Å²) in [4.78, 5) is 19.1. The van der Waals surface area contributed by atoms with Gasteiger partial charge >= 0.3 is 0 Å². The zero-order valence-electron chi connectivity index (χ0n) is 13.7. The second-order valence-electron chi connectivity index (χ2n) is 5.36. The van der Waals surface area contributed by atoms with Crippen LogP contribution in [0.3, 0.4) is 0 Å². The van der Waals surface area contributed by atoms with Crippen LogP contribution >= 0.6 is 0 Å². The Morgan fingerprint density at radius 3 is 2.48 bits per heavy atom. The lowest BCUT2D eigenvalue weighted by atomic mass is 10.1. The molecule has 0 fully saturated rings. The number of anilines is 1. The van der Waals surface area contributed by atoms with Crippen molar-refractivity contribution in [3.63, 3.8) is 0 Å². The fraction of sp³-hybridized carbons (Fsp3) is 0.353. The summed E-state index contributed by atoms with van der Waals surface area (Å²) in [5, 5.41) is 11.5. The molecule has 0 radical (unpaired) electrons. The number of benzene rings is 1. The van der Waals surface area contributed by atoms with Crippen LogP contribution in [-0.4, -0.2) is 40.8 Å². The number of aromatic nitrogens is 2. The Morgan fingerprint density at radius 1 is 1.12 bits per heavy atom. The Balaban J connectivity index is 1.52. The molecule has 0 aliphatic carbocycles. The number of ether oxygens (including phenoxy) is 1. The number of nitrogens with one attached hydrogen (secondary N) is 2. The van der Waals surface area contributed by atoms with Gasteiger partial charge in [0, 0.05) is 32.2 Å². The number of carbonyl (C=O) groups excluding carboxylic acids is 1. The van der Waals surface area contributed by atoms with E-state index >= 15 is 0 Å². The van der Waals surface area contributed by atoms with Gasteiger partial charge in [0.05, 0.1) is 5.56 Å². The van der Waals surface area contributed by atoms with E-state index in [9.17, 15) is 9.18 Å². The normalized spacial score (nSPS) is 10.5. The molecule has 0 saturated carbocycles. The molecule has 134 valence electrons. The van der Waals surface area contributed by atoms with E-state index in [1.54, 1.807) is 12.1 Å². The average molecular weight is 348 g/mol. The molecule has 0 atom stereocenters. The van der Waals surface area contributed by atoms with Crippen LogP contribution in [0.1, 0.15) is 28.8 Å². The van der Waals surface area contributed by atoms with Crippen LogP contribution in [0.4, 0.5) is 10.3 Å². The lowest BCUT2D eigenvalue weighted by Gasteiger charge is -2.06. The summed E-state index contributed by atoms with van der Waals surface area (Å²) in [6, 6.07) is 6.50. The van der Waals surface area contributed by atoms with Gasteiger partial charge in [-0.15, -0.1) is 0 Å². The van der Waals surface area contributed by atoms with E-state index in [1.165, 1.54) is 30.0 Å². The predicted octanol–water partition coefficient (Wildman–Crippen LogP) is 2.19. The summed E-state index contributed by atoms with van der Waals surface area (Å²) in [7, 11) is 0. The van der Waals surface area contributed by atoms with E-state index < -0.39 is 5.91 Å². The molecule has 7 nitrogen and oxygen atoms in total. The van der Waals surface area contributed by atoms with Crippen LogP contribution in [0.15, 0.2) is 36.7 Å². The third-order valence-corrected chi connectivity index (χ3v) is 3.43. The van der Waals surface area contributed by atoms with Gasteiger partial charge in [-0.25, -0.2) is 19.8 Å². The molecule has 1 aromatic carbocycles. The number of halogens is 1. The van der Waals surface area contributed by atoms with Gasteiger partial charge in [-0.1, -0.05) is 12.1 Å². The van der Waals surface area contributed by atoms with Crippen LogP contribution in [0.2, 0.25) is 0 Å². The van der Waals surface area contributed by atoms with Gasteiger partial charge in [0.15, 0.2) is 0 Å². The maximum atomic E-state index is 12.8. The molecule has 0 aliphatic rings. The van der Waals surface area contributed by atoms with Crippen molar-refractivity contribution >= 4 is 11.9 Å². The SMILES string of the molecule is O=C(NO)c1cnc(NCCCOCCCc2ccc(F)cc2)nc1. The number of hydrogen-bond donors (Lipinski definition) is 3. The highest BCUT2D eigenvalue weighted by Crippen LogP contribution is 2.05. The quantitative estimate of drug-likeness (QED) is 0.346. The Hall–Kier alpha value is -2.58. The summed E-state index contributed by atoms with van der Waals surface area (Å²) in [5.41, 5.74) is 2.80. The zero-order valence-corrected chi connectivity index (χ0v) is 13.7. The molecule has 2 aromatic rings. The van der Waals surface area contributed by atoms with Crippen molar-refractivity contribution in [3.05, 3.63) is 53.6 Å². The second kappa shape index (κ2) is 10.3. The summed E-state index contributed by atoms with van der Waals surface area (Å²) in [6.45, 7) is 1.91. The number of hydrogen-bond acceptors (Lipinski definition) is 6. The maximum absolute atomic E-state index is 12.8. The highest BCUT2D eigenvalue weighted by Gasteiger charge is 2.05. The van der Waals surface area contributed by atoms with E-state index in [0.29, 0.717) is 25.7 Å². The largest absolute Gasteiger partial charge is 0.381 e. The summed E-state index contributed by atoms with van der Waals surface area (Å²) >= 11 is 0. The minimum absolute atomic E-state index is 0.178. The van der Waals surface area contributed by atoms with Crippen molar-refractivity contribution in [1.29, 1.82) is 0 Å². The predicted molar refractivity (Wildman–Crippen MR) is 89.9 cm³/mol. The van der Waals surface area contributed by atoms with E-state index in [-0.39, 0.29) is 11.4 Å². The van der Waals surface area contributed by atoms with Crippen LogP contribution in [0.25, 0.3) is 0 Å². The van der Waals surface area contributed by atoms with Crippen molar-refractivity contribution in [2.75, 3.05) is 25.1 Å². The lowest BCUT2D eigenvalue weighted by molar-refractivity contribution is 0.0705. The third-order valence-electron chi connectivity index (χ3n) is 3.43. The first-order chi connectivity index (χ1) is 12.2. The fourth-order valence-electron chi connectivity index (χ4n) is 2.11. The number of aryl methyl sites for hydroxylation is 1. The summed E-state index contributed by atoms with van der Waals surface area (Å²) in [6.07, 6.45) is 5.19. The first kappa shape index (κ1) is 18.8.